The number of rotatable bonds is 4. The number of benzene rings is 2. The van der Waals surface area contributed by atoms with Gasteiger partial charge in [-0.1, -0.05) is 30.3 Å². The van der Waals surface area contributed by atoms with Crippen molar-refractivity contribution in [2.45, 2.75) is 12.5 Å². The molecule has 1 aliphatic heterocycles. The minimum atomic E-state index is 0.0853. The molecule has 1 fully saturated rings. The first kappa shape index (κ1) is 16.5. The van der Waals surface area contributed by atoms with Crippen molar-refractivity contribution in [1.82, 2.24) is 4.90 Å². The average molecular weight is 324 g/mol. The highest BCUT2D eigenvalue weighted by Gasteiger charge is 2.28. The summed E-state index contributed by atoms with van der Waals surface area (Å²) in [5.41, 5.74) is 3.06. The van der Waals surface area contributed by atoms with E-state index in [1.165, 1.54) is 5.56 Å². The minimum Gasteiger partial charge on any atom is -0.378 e. The van der Waals surface area contributed by atoms with Crippen LogP contribution in [-0.4, -0.2) is 50.7 Å². The summed E-state index contributed by atoms with van der Waals surface area (Å²) in [6, 6.07) is 18.2. The van der Waals surface area contributed by atoms with Crippen molar-refractivity contribution in [3.63, 3.8) is 0 Å². The molecule has 0 saturated carbocycles. The number of hydrogen-bond donors (Lipinski definition) is 0. The zero-order valence-corrected chi connectivity index (χ0v) is 14.3. The summed E-state index contributed by atoms with van der Waals surface area (Å²) in [5, 5.41) is 0. The van der Waals surface area contributed by atoms with E-state index in [4.69, 9.17) is 4.74 Å². The second-order valence-corrected chi connectivity index (χ2v) is 6.36. The van der Waals surface area contributed by atoms with E-state index < -0.39 is 0 Å². The van der Waals surface area contributed by atoms with Gasteiger partial charge in [0.25, 0.3) is 5.91 Å². The van der Waals surface area contributed by atoms with Crippen molar-refractivity contribution in [3.8, 4) is 0 Å². The fraction of sp³-hybridized carbons (Fsp3) is 0.350. The Morgan fingerprint density at radius 1 is 1.12 bits per heavy atom. The lowest BCUT2D eigenvalue weighted by atomic mass is 10.0. The molecule has 4 nitrogen and oxygen atoms in total. The van der Waals surface area contributed by atoms with Crippen LogP contribution in [0.2, 0.25) is 0 Å². The van der Waals surface area contributed by atoms with Gasteiger partial charge in [0, 0.05) is 31.9 Å². The van der Waals surface area contributed by atoms with E-state index in [1.807, 2.05) is 66.4 Å². The van der Waals surface area contributed by atoms with E-state index in [-0.39, 0.29) is 11.9 Å². The summed E-state index contributed by atoms with van der Waals surface area (Å²) in [4.78, 5) is 16.9. The molecule has 1 atom stereocenters. The third-order valence-electron chi connectivity index (χ3n) is 4.43. The maximum Gasteiger partial charge on any atom is 0.254 e. The lowest BCUT2D eigenvalue weighted by Crippen LogP contribution is -2.49. The minimum absolute atomic E-state index is 0.0853. The fourth-order valence-electron chi connectivity index (χ4n) is 3.05. The van der Waals surface area contributed by atoms with E-state index in [2.05, 4.69) is 12.1 Å². The fourth-order valence-corrected chi connectivity index (χ4v) is 3.05. The number of carbonyl (C=O) groups excluding carboxylic acids is 1. The maximum atomic E-state index is 12.9. The molecule has 1 amide bonds. The highest BCUT2D eigenvalue weighted by molar-refractivity contribution is 5.94. The van der Waals surface area contributed by atoms with Crippen LogP contribution in [0.4, 0.5) is 5.69 Å². The summed E-state index contributed by atoms with van der Waals surface area (Å²) < 4.78 is 5.62. The number of carbonyl (C=O) groups is 1. The van der Waals surface area contributed by atoms with Crippen LogP contribution in [0.15, 0.2) is 54.6 Å². The molecule has 0 bridgehead atoms. The van der Waals surface area contributed by atoms with Gasteiger partial charge in [0.1, 0.15) is 0 Å². The molecule has 126 valence electrons. The summed E-state index contributed by atoms with van der Waals surface area (Å²) in [6.07, 6.45) is 0.822. The van der Waals surface area contributed by atoms with Gasteiger partial charge in [-0.3, -0.25) is 4.79 Å². The van der Waals surface area contributed by atoms with Crippen molar-refractivity contribution >= 4 is 11.6 Å². The number of ether oxygens (including phenoxy) is 1. The normalized spacial score (nSPS) is 17.6. The Bertz CT molecular complexity index is 668. The van der Waals surface area contributed by atoms with Crippen LogP contribution in [-0.2, 0) is 11.2 Å². The molecule has 2 aromatic rings. The van der Waals surface area contributed by atoms with Crippen LogP contribution in [0, 0.1) is 0 Å². The molecule has 24 heavy (non-hydrogen) atoms. The predicted octanol–water partition coefficient (Wildman–Crippen LogP) is 2.84. The van der Waals surface area contributed by atoms with Gasteiger partial charge in [0.15, 0.2) is 0 Å². The van der Waals surface area contributed by atoms with E-state index in [0.717, 1.165) is 17.7 Å². The average Bonchev–Trinajstić information content (AvgIpc) is 2.62. The van der Waals surface area contributed by atoms with Gasteiger partial charge in [-0.15, -0.1) is 0 Å². The van der Waals surface area contributed by atoms with Gasteiger partial charge in [-0.2, -0.15) is 0 Å². The zero-order valence-electron chi connectivity index (χ0n) is 14.3. The van der Waals surface area contributed by atoms with Gasteiger partial charge in [-0.05, 0) is 36.2 Å². The molecule has 3 rings (SSSR count). The molecule has 1 saturated heterocycles. The standard InChI is InChI=1S/C20H24N2O2/c1-21(2)18-10-8-17(9-11-18)20(23)22-12-13-24-15-19(22)14-16-6-4-3-5-7-16/h3-11,19H,12-15H2,1-2H3. The van der Waals surface area contributed by atoms with Crippen molar-refractivity contribution in [2.24, 2.45) is 0 Å². The van der Waals surface area contributed by atoms with Gasteiger partial charge < -0.3 is 14.5 Å². The molecule has 0 aliphatic carbocycles. The first-order valence-corrected chi connectivity index (χ1v) is 8.35. The predicted molar refractivity (Wildman–Crippen MR) is 96.6 cm³/mol. The number of hydrogen-bond acceptors (Lipinski definition) is 3. The van der Waals surface area contributed by atoms with Crippen LogP contribution in [0.5, 0.6) is 0 Å². The van der Waals surface area contributed by atoms with E-state index in [0.29, 0.717) is 19.8 Å². The largest absolute Gasteiger partial charge is 0.378 e. The lowest BCUT2D eigenvalue weighted by molar-refractivity contribution is -0.00163. The molecule has 2 aromatic carbocycles. The third-order valence-corrected chi connectivity index (χ3v) is 4.43. The number of anilines is 1. The number of morpholine rings is 1. The molecule has 0 aromatic heterocycles. The SMILES string of the molecule is CN(C)c1ccc(C(=O)N2CCOCC2Cc2ccccc2)cc1. The van der Waals surface area contributed by atoms with Gasteiger partial charge in [0.2, 0.25) is 0 Å². The van der Waals surface area contributed by atoms with Crippen molar-refractivity contribution in [1.29, 1.82) is 0 Å². The van der Waals surface area contributed by atoms with Crippen molar-refractivity contribution in [3.05, 3.63) is 65.7 Å². The molecular formula is C20H24N2O2. The molecular weight excluding hydrogens is 300 g/mol. The lowest BCUT2D eigenvalue weighted by Gasteiger charge is -2.36. The Kier molecular flexibility index (Phi) is 5.16. The second kappa shape index (κ2) is 7.49. The first-order chi connectivity index (χ1) is 11.6. The highest BCUT2D eigenvalue weighted by atomic mass is 16.5. The molecule has 0 radical (unpaired) electrons. The second-order valence-electron chi connectivity index (χ2n) is 6.36. The van der Waals surface area contributed by atoms with E-state index in [1.54, 1.807) is 0 Å². The molecule has 1 heterocycles. The smallest absolute Gasteiger partial charge is 0.254 e. The number of amides is 1. The quantitative estimate of drug-likeness (QED) is 0.867. The topological polar surface area (TPSA) is 32.8 Å². The van der Waals surface area contributed by atoms with E-state index >= 15 is 0 Å². The van der Waals surface area contributed by atoms with Gasteiger partial charge in [0.05, 0.1) is 19.3 Å². The Labute approximate surface area is 143 Å². The van der Waals surface area contributed by atoms with Crippen molar-refractivity contribution in [2.75, 3.05) is 38.8 Å². The summed E-state index contributed by atoms with van der Waals surface area (Å²) >= 11 is 0. The van der Waals surface area contributed by atoms with Gasteiger partial charge >= 0.3 is 0 Å². The third kappa shape index (κ3) is 3.77. The Morgan fingerprint density at radius 3 is 2.50 bits per heavy atom. The monoisotopic (exact) mass is 324 g/mol. The number of nitrogens with zero attached hydrogens (tertiary/aromatic N) is 2. The highest BCUT2D eigenvalue weighted by Crippen LogP contribution is 2.19. The molecule has 1 aliphatic rings. The zero-order chi connectivity index (χ0) is 16.9. The van der Waals surface area contributed by atoms with Crippen LogP contribution in [0.25, 0.3) is 0 Å². The Hall–Kier alpha value is -2.33. The van der Waals surface area contributed by atoms with Crippen LogP contribution in [0.1, 0.15) is 15.9 Å². The maximum absolute atomic E-state index is 12.9. The van der Waals surface area contributed by atoms with Crippen LogP contribution in [0.3, 0.4) is 0 Å². The first-order valence-electron chi connectivity index (χ1n) is 8.35. The van der Waals surface area contributed by atoms with Crippen molar-refractivity contribution < 1.29 is 9.53 Å². The summed E-state index contributed by atoms with van der Waals surface area (Å²) in [5.74, 6) is 0.0875. The molecule has 0 spiro atoms. The summed E-state index contributed by atoms with van der Waals surface area (Å²) in [7, 11) is 3.99. The Morgan fingerprint density at radius 2 is 1.83 bits per heavy atom. The molecule has 1 unspecified atom stereocenters. The summed E-state index contributed by atoms with van der Waals surface area (Å²) in [6.45, 7) is 1.84. The van der Waals surface area contributed by atoms with Gasteiger partial charge in [-0.25, -0.2) is 0 Å². The Balaban J connectivity index is 1.75. The van der Waals surface area contributed by atoms with Crippen LogP contribution >= 0.6 is 0 Å². The molecule has 4 heteroatoms. The van der Waals surface area contributed by atoms with Crippen LogP contribution < -0.4 is 4.90 Å². The van der Waals surface area contributed by atoms with E-state index in [9.17, 15) is 4.79 Å². The molecule has 0 N–H and O–H groups in total.